The van der Waals surface area contributed by atoms with Gasteiger partial charge in [0.25, 0.3) is 5.91 Å². The molecule has 0 bridgehead atoms. The molecule has 0 spiro atoms. The molecule has 2 amide bonds. The highest BCUT2D eigenvalue weighted by Gasteiger charge is 2.11. The van der Waals surface area contributed by atoms with Gasteiger partial charge in [0.2, 0.25) is 5.91 Å². The zero-order valence-corrected chi connectivity index (χ0v) is 13.9. The number of aromatic nitrogens is 1. The lowest BCUT2D eigenvalue weighted by molar-refractivity contribution is -0.120. The van der Waals surface area contributed by atoms with Crippen molar-refractivity contribution in [2.75, 3.05) is 19.0 Å². The second kappa shape index (κ2) is 8.28. The summed E-state index contributed by atoms with van der Waals surface area (Å²) in [5.41, 5.74) is 1.16. The lowest BCUT2D eigenvalue weighted by atomic mass is 10.2. The van der Waals surface area contributed by atoms with Gasteiger partial charge in [-0.1, -0.05) is 6.92 Å². The maximum Gasteiger partial charge on any atom is 0.257 e. The van der Waals surface area contributed by atoms with Crippen molar-refractivity contribution in [2.24, 2.45) is 0 Å². The number of amides is 2. The molecule has 0 aliphatic carbocycles. The van der Waals surface area contributed by atoms with Gasteiger partial charge in [0.05, 0.1) is 19.2 Å². The quantitative estimate of drug-likeness (QED) is 0.816. The van der Waals surface area contributed by atoms with Crippen LogP contribution in [0.5, 0.6) is 5.75 Å². The van der Waals surface area contributed by atoms with Gasteiger partial charge in [-0.3, -0.25) is 14.9 Å². The van der Waals surface area contributed by atoms with E-state index >= 15 is 0 Å². The molecule has 122 valence electrons. The Kier molecular flexibility index (Phi) is 6.10. The number of methoxy groups -OCH3 is 1. The molecule has 2 aromatic rings. The van der Waals surface area contributed by atoms with E-state index in [1.807, 2.05) is 6.92 Å². The predicted molar refractivity (Wildman–Crippen MR) is 90.1 cm³/mol. The lowest BCUT2D eigenvalue weighted by Gasteiger charge is -2.03. The average Bonchev–Trinajstić information content (AvgIpc) is 2.99. The van der Waals surface area contributed by atoms with E-state index in [0.29, 0.717) is 28.7 Å². The first kappa shape index (κ1) is 17.0. The Bertz CT molecular complexity index is 667. The molecule has 0 fully saturated rings. The third kappa shape index (κ3) is 5.07. The van der Waals surface area contributed by atoms with Gasteiger partial charge >= 0.3 is 0 Å². The van der Waals surface area contributed by atoms with Crippen LogP contribution in [0.1, 0.15) is 29.4 Å². The number of rotatable bonds is 7. The Hall–Kier alpha value is -2.41. The zero-order chi connectivity index (χ0) is 16.7. The van der Waals surface area contributed by atoms with Crippen LogP contribution < -0.4 is 15.4 Å². The highest BCUT2D eigenvalue weighted by atomic mass is 32.1. The summed E-state index contributed by atoms with van der Waals surface area (Å²) in [5.74, 6) is 0.380. The van der Waals surface area contributed by atoms with Crippen molar-refractivity contribution in [1.29, 1.82) is 0 Å². The van der Waals surface area contributed by atoms with Gasteiger partial charge in [0.1, 0.15) is 5.75 Å². The standard InChI is InChI=1S/C16H19N3O3S/c1-3-8-17-14(20)9-12-10-23-16(18-12)19-15(21)11-4-6-13(22-2)7-5-11/h4-7,10H,3,8-9H2,1-2H3,(H,17,20)(H,18,19,21). The molecule has 1 aromatic heterocycles. The van der Waals surface area contributed by atoms with Crippen molar-refractivity contribution < 1.29 is 14.3 Å². The summed E-state index contributed by atoms with van der Waals surface area (Å²) >= 11 is 1.30. The smallest absolute Gasteiger partial charge is 0.257 e. The lowest BCUT2D eigenvalue weighted by Crippen LogP contribution is -2.25. The fraction of sp³-hybridized carbons (Fsp3) is 0.312. The molecule has 0 atom stereocenters. The summed E-state index contributed by atoms with van der Waals surface area (Å²) in [4.78, 5) is 28.0. The van der Waals surface area contributed by atoms with Crippen molar-refractivity contribution in [3.63, 3.8) is 0 Å². The molecule has 6 nitrogen and oxygen atoms in total. The van der Waals surface area contributed by atoms with Gasteiger partial charge in [-0.25, -0.2) is 4.98 Å². The van der Waals surface area contributed by atoms with E-state index < -0.39 is 0 Å². The van der Waals surface area contributed by atoms with E-state index in [1.54, 1.807) is 36.8 Å². The molecule has 2 N–H and O–H groups in total. The van der Waals surface area contributed by atoms with Gasteiger partial charge in [-0.05, 0) is 30.7 Å². The minimum Gasteiger partial charge on any atom is -0.497 e. The van der Waals surface area contributed by atoms with Crippen LogP contribution in [0.15, 0.2) is 29.6 Å². The molecule has 0 aliphatic heterocycles. The molecule has 0 unspecified atom stereocenters. The highest BCUT2D eigenvalue weighted by Crippen LogP contribution is 2.18. The number of nitrogens with one attached hydrogen (secondary N) is 2. The van der Waals surface area contributed by atoms with Gasteiger partial charge < -0.3 is 10.1 Å². The van der Waals surface area contributed by atoms with Crippen molar-refractivity contribution in [1.82, 2.24) is 10.3 Å². The Labute approximate surface area is 138 Å². The first-order valence-electron chi connectivity index (χ1n) is 7.29. The zero-order valence-electron chi connectivity index (χ0n) is 13.1. The van der Waals surface area contributed by atoms with Crippen molar-refractivity contribution in [3.05, 3.63) is 40.9 Å². The topological polar surface area (TPSA) is 80.3 Å². The van der Waals surface area contributed by atoms with Crippen LogP contribution in [0.4, 0.5) is 5.13 Å². The van der Waals surface area contributed by atoms with Gasteiger partial charge in [-0.15, -0.1) is 11.3 Å². The first-order valence-corrected chi connectivity index (χ1v) is 8.17. The minimum absolute atomic E-state index is 0.0646. The van der Waals surface area contributed by atoms with Crippen molar-refractivity contribution in [2.45, 2.75) is 19.8 Å². The van der Waals surface area contributed by atoms with Crippen molar-refractivity contribution >= 4 is 28.3 Å². The minimum atomic E-state index is -0.246. The second-order valence-electron chi connectivity index (χ2n) is 4.85. The Morgan fingerprint density at radius 1 is 1.26 bits per heavy atom. The maximum absolute atomic E-state index is 12.1. The van der Waals surface area contributed by atoms with Crippen LogP contribution in [0, 0.1) is 0 Å². The van der Waals surface area contributed by atoms with Crippen LogP contribution in [-0.2, 0) is 11.2 Å². The number of anilines is 1. The van der Waals surface area contributed by atoms with E-state index in [1.165, 1.54) is 11.3 Å². The number of thiazole rings is 1. The Balaban J connectivity index is 1.92. The van der Waals surface area contributed by atoms with Gasteiger partial charge in [0, 0.05) is 17.5 Å². The molecule has 7 heteroatoms. The molecule has 1 heterocycles. The first-order chi connectivity index (χ1) is 11.1. The molecule has 0 saturated heterocycles. The summed E-state index contributed by atoms with van der Waals surface area (Å²) in [6.45, 7) is 2.65. The largest absolute Gasteiger partial charge is 0.497 e. The van der Waals surface area contributed by atoms with E-state index in [2.05, 4.69) is 15.6 Å². The number of carbonyl (C=O) groups is 2. The van der Waals surface area contributed by atoms with E-state index in [0.717, 1.165) is 6.42 Å². The number of hydrogen-bond acceptors (Lipinski definition) is 5. The molecule has 0 aliphatic rings. The second-order valence-corrected chi connectivity index (χ2v) is 5.71. The Morgan fingerprint density at radius 3 is 2.65 bits per heavy atom. The molecular formula is C16H19N3O3S. The summed E-state index contributed by atoms with van der Waals surface area (Å²) < 4.78 is 5.06. The average molecular weight is 333 g/mol. The number of carbonyl (C=O) groups excluding carboxylic acids is 2. The highest BCUT2D eigenvalue weighted by molar-refractivity contribution is 7.14. The SMILES string of the molecule is CCCNC(=O)Cc1csc(NC(=O)c2ccc(OC)cc2)n1. The van der Waals surface area contributed by atoms with Crippen LogP contribution in [0.2, 0.25) is 0 Å². The normalized spacial score (nSPS) is 10.2. The van der Waals surface area contributed by atoms with Crippen LogP contribution in [0.25, 0.3) is 0 Å². The third-order valence-electron chi connectivity index (χ3n) is 3.04. The maximum atomic E-state index is 12.1. The van der Waals surface area contributed by atoms with E-state index in [-0.39, 0.29) is 18.2 Å². The summed E-state index contributed by atoms with van der Waals surface area (Å²) in [5, 5.41) is 7.77. The number of nitrogens with zero attached hydrogens (tertiary/aromatic N) is 1. The van der Waals surface area contributed by atoms with Gasteiger partial charge in [-0.2, -0.15) is 0 Å². The van der Waals surface area contributed by atoms with Crippen LogP contribution >= 0.6 is 11.3 Å². The summed E-state index contributed by atoms with van der Waals surface area (Å²) in [7, 11) is 1.57. The number of benzene rings is 1. The molecular weight excluding hydrogens is 314 g/mol. The summed E-state index contributed by atoms with van der Waals surface area (Å²) in [6, 6.07) is 6.81. The van der Waals surface area contributed by atoms with Crippen LogP contribution in [-0.4, -0.2) is 30.5 Å². The van der Waals surface area contributed by atoms with Gasteiger partial charge in [0.15, 0.2) is 5.13 Å². The predicted octanol–water partition coefficient (Wildman–Crippen LogP) is 2.47. The van der Waals surface area contributed by atoms with Crippen molar-refractivity contribution in [3.8, 4) is 5.75 Å². The number of ether oxygens (including phenoxy) is 1. The van der Waals surface area contributed by atoms with E-state index in [4.69, 9.17) is 4.74 Å². The third-order valence-corrected chi connectivity index (χ3v) is 3.84. The summed E-state index contributed by atoms with van der Waals surface area (Å²) in [6.07, 6.45) is 1.11. The van der Waals surface area contributed by atoms with Crippen LogP contribution in [0.3, 0.4) is 0 Å². The van der Waals surface area contributed by atoms with E-state index in [9.17, 15) is 9.59 Å². The molecule has 0 radical (unpaired) electrons. The molecule has 0 saturated carbocycles. The molecule has 23 heavy (non-hydrogen) atoms. The molecule has 2 rings (SSSR count). The molecule has 1 aromatic carbocycles. The number of hydrogen-bond donors (Lipinski definition) is 2. The fourth-order valence-electron chi connectivity index (χ4n) is 1.85. The fourth-order valence-corrected chi connectivity index (χ4v) is 2.55. The Morgan fingerprint density at radius 2 is 2.00 bits per heavy atom. The monoisotopic (exact) mass is 333 g/mol.